The van der Waals surface area contributed by atoms with E-state index >= 15 is 0 Å². The second-order valence-corrected chi connectivity index (χ2v) is 4.17. The number of nitrogens with zero attached hydrogens (tertiary/aromatic N) is 2. The van der Waals surface area contributed by atoms with Gasteiger partial charge in [-0.25, -0.2) is 0 Å². The number of hydrogen-bond acceptors (Lipinski definition) is 3. The van der Waals surface area contributed by atoms with Crippen molar-refractivity contribution in [1.29, 1.82) is 0 Å². The molecule has 0 fully saturated rings. The van der Waals surface area contributed by atoms with Crippen LogP contribution in [0.2, 0.25) is 0 Å². The van der Waals surface area contributed by atoms with Gasteiger partial charge < -0.3 is 4.74 Å². The zero-order valence-corrected chi connectivity index (χ0v) is 10.6. The van der Waals surface area contributed by atoms with Gasteiger partial charge in [0.15, 0.2) is 0 Å². The molecule has 0 aliphatic rings. The molecule has 0 aliphatic heterocycles. The predicted molar refractivity (Wildman–Crippen MR) is 72.8 cm³/mol. The lowest BCUT2D eigenvalue weighted by molar-refractivity contribution is 0.243. The molecule has 0 bridgehead atoms. The predicted octanol–water partition coefficient (Wildman–Crippen LogP) is 4.89. The zero-order chi connectivity index (χ0) is 12.8. The minimum atomic E-state index is 0.123. The molecule has 0 spiro atoms. The molecule has 2 rings (SSSR count). The summed E-state index contributed by atoms with van der Waals surface area (Å²) in [6.45, 7) is 3.98. The maximum atomic E-state index is 5.68. The highest BCUT2D eigenvalue weighted by Gasteiger charge is 2.03. The van der Waals surface area contributed by atoms with E-state index in [0.29, 0.717) is 0 Å². The van der Waals surface area contributed by atoms with E-state index in [-0.39, 0.29) is 6.10 Å². The SMILES string of the molecule is CC(C)Oc1ccccc1N=Nc1ccccc1. The number of azo groups is 1. The second-order valence-electron chi connectivity index (χ2n) is 4.17. The van der Waals surface area contributed by atoms with Gasteiger partial charge in [0.05, 0.1) is 11.8 Å². The fourth-order valence-corrected chi connectivity index (χ4v) is 1.50. The summed E-state index contributed by atoms with van der Waals surface area (Å²) in [4.78, 5) is 0. The number of hydrogen-bond donors (Lipinski definition) is 0. The van der Waals surface area contributed by atoms with Crippen LogP contribution in [-0.2, 0) is 0 Å². The second kappa shape index (κ2) is 5.96. The molecule has 0 N–H and O–H groups in total. The summed E-state index contributed by atoms with van der Waals surface area (Å²) in [5.74, 6) is 0.757. The van der Waals surface area contributed by atoms with Crippen molar-refractivity contribution in [1.82, 2.24) is 0 Å². The Labute approximate surface area is 107 Å². The van der Waals surface area contributed by atoms with Gasteiger partial charge in [0.1, 0.15) is 11.4 Å². The Morgan fingerprint density at radius 2 is 1.50 bits per heavy atom. The van der Waals surface area contributed by atoms with Crippen molar-refractivity contribution in [3.63, 3.8) is 0 Å². The topological polar surface area (TPSA) is 34.0 Å². The molecule has 0 atom stereocenters. The largest absolute Gasteiger partial charge is 0.489 e. The highest BCUT2D eigenvalue weighted by atomic mass is 16.5. The lowest BCUT2D eigenvalue weighted by atomic mass is 10.3. The first-order valence-electron chi connectivity index (χ1n) is 5.98. The molecule has 0 saturated carbocycles. The third kappa shape index (κ3) is 3.42. The van der Waals surface area contributed by atoms with Gasteiger partial charge in [-0.05, 0) is 38.1 Å². The first kappa shape index (κ1) is 12.3. The molecular formula is C15H16N2O. The van der Waals surface area contributed by atoms with Crippen molar-refractivity contribution in [2.75, 3.05) is 0 Å². The number of rotatable bonds is 4. The van der Waals surface area contributed by atoms with Gasteiger partial charge in [-0.2, -0.15) is 5.11 Å². The van der Waals surface area contributed by atoms with Gasteiger partial charge in [-0.3, -0.25) is 0 Å². The Balaban J connectivity index is 2.21. The summed E-state index contributed by atoms with van der Waals surface area (Å²) in [6.07, 6.45) is 0.123. The van der Waals surface area contributed by atoms with E-state index in [4.69, 9.17) is 4.74 Å². The standard InChI is InChI=1S/C15H16N2O/c1-12(2)18-15-11-7-6-10-14(15)17-16-13-8-4-3-5-9-13/h3-12H,1-2H3. The average Bonchev–Trinajstić information content (AvgIpc) is 2.38. The first-order chi connectivity index (χ1) is 8.75. The van der Waals surface area contributed by atoms with Crippen molar-refractivity contribution in [3.05, 3.63) is 54.6 Å². The third-order valence-electron chi connectivity index (χ3n) is 2.26. The number of para-hydroxylation sites is 1. The summed E-state index contributed by atoms with van der Waals surface area (Å²) in [5, 5.41) is 8.42. The zero-order valence-electron chi connectivity index (χ0n) is 10.6. The Bertz CT molecular complexity index is 521. The van der Waals surface area contributed by atoms with Crippen molar-refractivity contribution < 1.29 is 4.74 Å². The molecule has 92 valence electrons. The molecule has 0 aromatic heterocycles. The van der Waals surface area contributed by atoms with Crippen molar-refractivity contribution in [2.45, 2.75) is 20.0 Å². The summed E-state index contributed by atoms with van der Waals surface area (Å²) >= 11 is 0. The maximum Gasteiger partial charge on any atom is 0.147 e. The molecule has 0 amide bonds. The van der Waals surface area contributed by atoms with E-state index in [0.717, 1.165) is 17.1 Å². The van der Waals surface area contributed by atoms with E-state index in [1.54, 1.807) is 0 Å². The monoisotopic (exact) mass is 240 g/mol. The number of ether oxygens (including phenoxy) is 1. The molecule has 3 heteroatoms. The third-order valence-corrected chi connectivity index (χ3v) is 2.26. The fourth-order valence-electron chi connectivity index (χ4n) is 1.50. The van der Waals surface area contributed by atoms with Crippen LogP contribution >= 0.6 is 0 Å². The van der Waals surface area contributed by atoms with Crippen LogP contribution in [0.25, 0.3) is 0 Å². The van der Waals surface area contributed by atoms with Crippen LogP contribution in [0, 0.1) is 0 Å². The highest BCUT2D eigenvalue weighted by molar-refractivity contribution is 5.51. The maximum absolute atomic E-state index is 5.68. The minimum absolute atomic E-state index is 0.123. The van der Waals surface area contributed by atoms with Gasteiger partial charge in [0.25, 0.3) is 0 Å². The van der Waals surface area contributed by atoms with Crippen LogP contribution < -0.4 is 4.74 Å². The molecule has 0 radical (unpaired) electrons. The van der Waals surface area contributed by atoms with Crippen molar-refractivity contribution >= 4 is 11.4 Å². The Hall–Kier alpha value is -2.16. The van der Waals surface area contributed by atoms with Crippen LogP contribution in [-0.4, -0.2) is 6.10 Å². The minimum Gasteiger partial charge on any atom is -0.489 e. The normalized spacial score (nSPS) is 11.1. The Morgan fingerprint density at radius 1 is 0.833 bits per heavy atom. The molecule has 0 aliphatic carbocycles. The lowest BCUT2D eigenvalue weighted by Gasteiger charge is -2.10. The molecule has 2 aromatic carbocycles. The molecule has 0 heterocycles. The van der Waals surface area contributed by atoms with Gasteiger partial charge in [-0.1, -0.05) is 30.3 Å². The quantitative estimate of drug-likeness (QED) is 0.700. The molecule has 3 nitrogen and oxygen atoms in total. The van der Waals surface area contributed by atoms with Gasteiger partial charge in [0, 0.05) is 0 Å². The van der Waals surface area contributed by atoms with Crippen LogP contribution in [0.15, 0.2) is 64.8 Å². The fraction of sp³-hybridized carbons (Fsp3) is 0.200. The van der Waals surface area contributed by atoms with Crippen LogP contribution in [0.1, 0.15) is 13.8 Å². The van der Waals surface area contributed by atoms with Crippen LogP contribution in [0.5, 0.6) is 5.75 Å². The molecule has 18 heavy (non-hydrogen) atoms. The first-order valence-corrected chi connectivity index (χ1v) is 5.98. The van der Waals surface area contributed by atoms with E-state index in [2.05, 4.69) is 10.2 Å². The summed E-state index contributed by atoms with van der Waals surface area (Å²) in [5.41, 5.74) is 1.58. The number of benzene rings is 2. The van der Waals surface area contributed by atoms with Crippen molar-refractivity contribution in [2.24, 2.45) is 10.2 Å². The van der Waals surface area contributed by atoms with E-state index in [9.17, 15) is 0 Å². The van der Waals surface area contributed by atoms with Crippen molar-refractivity contribution in [3.8, 4) is 5.75 Å². The Morgan fingerprint density at radius 3 is 2.22 bits per heavy atom. The van der Waals surface area contributed by atoms with E-state index < -0.39 is 0 Å². The molecule has 0 unspecified atom stereocenters. The summed E-state index contributed by atoms with van der Waals surface area (Å²) in [7, 11) is 0. The summed E-state index contributed by atoms with van der Waals surface area (Å²) < 4.78 is 5.68. The molecule has 2 aromatic rings. The smallest absolute Gasteiger partial charge is 0.147 e. The highest BCUT2D eigenvalue weighted by Crippen LogP contribution is 2.29. The van der Waals surface area contributed by atoms with E-state index in [1.165, 1.54) is 0 Å². The average molecular weight is 240 g/mol. The van der Waals surface area contributed by atoms with Crippen LogP contribution in [0.4, 0.5) is 11.4 Å². The molecule has 0 saturated heterocycles. The van der Waals surface area contributed by atoms with Gasteiger partial charge in [0.2, 0.25) is 0 Å². The molecular weight excluding hydrogens is 224 g/mol. The van der Waals surface area contributed by atoms with Gasteiger partial charge >= 0.3 is 0 Å². The van der Waals surface area contributed by atoms with Gasteiger partial charge in [-0.15, -0.1) is 5.11 Å². The Kier molecular flexibility index (Phi) is 4.07. The van der Waals surface area contributed by atoms with Crippen LogP contribution in [0.3, 0.4) is 0 Å². The van der Waals surface area contributed by atoms with E-state index in [1.807, 2.05) is 68.4 Å². The lowest BCUT2D eigenvalue weighted by Crippen LogP contribution is -2.05. The summed E-state index contributed by atoms with van der Waals surface area (Å²) in [6, 6.07) is 17.3.